The van der Waals surface area contributed by atoms with Gasteiger partial charge in [0.15, 0.2) is 9.84 Å². The highest BCUT2D eigenvalue weighted by molar-refractivity contribution is 7.91. The van der Waals surface area contributed by atoms with Gasteiger partial charge in [0.25, 0.3) is 4.84 Å². The van der Waals surface area contributed by atoms with Crippen molar-refractivity contribution < 1.29 is 17.2 Å². The zero-order chi connectivity index (χ0) is 18.9. The Morgan fingerprint density at radius 3 is 2.77 bits per heavy atom. The lowest BCUT2D eigenvalue weighted by molar-refractivity contribution is 0.136. The number of aromatic nitrogens is 2. The molecule has 0 bridgehead atoms. The van der Waals surface area contributed by atoms with Crippen molar-refractivity contribution in [3.63, 3.8) is 0 Å². The summed E-state index contributed by atoms with van der Waals surface area (Å²) in [6.45, 7) is 5.17. The number of nitrogens with zero attached hydrogens (tertiary/aromatic N) is 3. The van der Waals surface area contributed by atoms with E-state index in [-0.39, 0.29) is 33.8 Å². The van der Waals surface area contributed by atoms with E-state index in [0.29, 0.717) is 25.6 Å². The van der Waals surface area contributed by atoms with Crippen LogP contribution in [0, 0.1) is 16.6 Å². The molecule has 0 saturated carbocycles. The topological polar surface area (TPSA) is 68.3 Å². The third-order valence-corrected chi connectivity index (χ3v) is 6.40. The molecular formula is C17H22FN3O3S2. The van der Waals surface area contributed by atoms with Crippen LogP contribution in [0.2, 0.25) is 0 Å². The summed E-state index contributed by atoms with van der Waals surface area (Å²) in [7, 11) is -2.99. The van der Waals surface area contributed by atoms with Gasteiger partial charge in [0.1, 0.15) is 5.82 Å². The van der Waals surface area contributed by atoms with Crippen LogP contribution < -0.4 is 0 Å². The second kappa shape index (κ2) is 7.58. The molecule has 9 heteroatoms. The van der Waals surface area contributed by atoms with Crippen molar-refractivity contribution in [2.75, 3.05) is 18.1 Å². The molecule has 3 rings (SSSR count). The molecule has 0 spiro atoms. The Balaban J connectivity index is 1.85. The Morgan fingerprint density at radius 2 is 2.15 bits per heavy atom. The number of sulfone groups is 1. The molecule has 2 aromatic rings. The van der Waals surface area contributed by atoms with Crippen LogP contribution in [0.3, 0.4) is 0 Å². The fourth-order valence-electron chi connectivity index (χ4n) is 3.17. The van der Waals surface area contributed by atoms with E-state index < -0.39 is 15.7 Å². The molecule has 1 atom stereocenters. The molecule has 2 heterocycles. The maximum atomic E-state index is 14.0. The van der Waals surface area contributed by atoms with Gasteiger partial charge in [-0.2, -0.15) is 0 Å². The molecule has 1 aromatic carbocycles. The highest BCUT2D eigenvalue weighted by atomic mass is 32.2. The molecule has 1 aromatic heterocycles. The minimum Gasteiger partial charge on any atom is -0.409 e. The van der Waals surface area contributed by atoms with Gasteiger partial charge >= 0.3 is 0 Å². The smallest absolute Gasteiger partial charge is 0.288 e. The van der Waals surface area contributed by atoms with Crippen molar-refractivity contribution in [3.05, 3.63) is 34.9 Å². The predicted molar refractivity (Wildman–Crippen MR) is 99.3 cm³/mol. The molecule has 1 saturated heterocycles. The van der Waals surface area contributed by atoms with Gasteiger partial charge in [0, 0.05) is 12.6 Å². The van der Waals surface area contributed by atoms with Crippen LogP contribution in [0.4, 0.5) is 4.39 Å². The first kappa shape index (κ1) is 19.2. The number of halogens is 1. The Bertz CT molecular complexity index is 937. The predicted octanol–water partition coefficient (Wildman–Crippen LogP) is 3.11. The SMILES string of the molecule is CC(C)CN(Cn1nc(-c2ccccc2F)oc1=S)[C@@H]1CCS(=O)(=O)C1. The highest BCUT2D eigenvalue weighted by Gasteiger charge is 2.33. The van der Waals surface area contributed by atoms with E-state index in [1.54, 1.807) is 18.2 Å². The normalized spacial score (nSPS) is 19.5. The van der Waals surface area contributed by atoms with Gasteiger partial charge in [-0.05, 0) is 36.7 Å². The number of benzene rings is 1. The minimum absolute atomic E-state index is 0.0714. The fraction of sp³-hybridized carbons (Fsp3) is 0.529. The first-order chi connectivity index (χ1) is 12.2. The summed E-state index contributed by atoms with van der Waals surface area (Å²) in [6.07, 6.45) is 0.598. The van der Waals surface area contributed by atoms with Gasteiger partial charge in [0.05, 0.1) is 23.7 Å². The van der Waals surface area contributed by atoms with Crippen molar-refractivity contribution in [1.29, 1.82) is 0 Å². The van der Waals surface area contributed by atoms with Gasteiger partial charge in [0.2, 0.25) is 5.89 Å². The van der Waals surface area contributed by atoms with Crippen LogP contribution in [-0.4, -0.2) is 47.2 Å². The zero-order valence-electron chi connectivity index (χ0n) is 14.8. The quantitative estimate of drug-likeness (QED) is 0.695. The molecule has 26 heavy (non-hydrogen) atoms. The maximum Gasteiger partial charge on any atom is 0.288 e. The number of hydrogen-bond acceptors (Lipinski definition) is 6. The molecule has 6 nitrogen and oxygen atoms in total. The Labute approximate surface area is 157 Å². The van der Waals surface area contributed by atoms with Crippen LogP contribution in [0.5, 0.6) is 0 Å². The van der Waals surface area contributed by atoms with Crippen molar-refractivity contribution in [3.8, 4) is 11.5 Å². The van der Waals surface area contributed by atoms with Crippen LogP contribution in [0.15, 0.2) is 28.7 Å². The lowest BCUT2D eigenvalue weighted by atomic mass is 10.1. The summed E-state index contributed by atoms with van der Waals surface area (Å²) >= 11 is 5.23. The molecule has 1 aliphatic heterocycles. The van der Waals surface area contributed by atoms with Crippen LogP contribution in [-0.2, 0) is 16.5 Å². The molecule has 0 N–H and O–H groups in total. The van der Waals surface area contributed by atoms with Crippen molar-refractivity contribution in [1.82, 2.24) is 14.7 Å². The summed E-state index contributed by atoms with van der Waals surface area (Å²) in [4.78, 5) is 2.21. The average molecular weight is 400 g/mol. The second-order valence-corrected chi connectivity index (χ2v) is 9.59. The molecule has 0 aliphatic carbocycles. The first-order valence-electron chi connectivity index (χ1n) is 8.52. The molecule has 0 radical (unpaired) electrons. The van der Waals surface area contributed by atoms with Crippen molar-refractivity contribution in [2.45, 2.75) is 33.0 Å². The first-order valence-corrected chi connectivity index (χ1v) is 10.8. The van der Waals surface area contributed by atoms with Gasteiger partial charge in [-0.3, -0.25) is 4.90 Å². The van der Waals surface area contributed by atoms with Gasteiger partial charge in [-0.15, -0.1) is 5.10 Å². The largest absolute Gasteiger partial charge is 0.409 e. The highest BCUT2D eigenvalue weighted by Crippen LogP contribution is 2.23. The summed E-state index contributed by atoms with van der Waals surface area (Å²) in [5, 5.41) is 4.31. The average Bonchev–Trinajstić information content (AvgIpc) is 3.09. The molecule has 142 valence electrons. The van der Waals surface area contributed by atoms with Crippen molar-refractivity contribution >= 4 is 22.1 Å². The molecule has 0 unspecified atom stereocenters. The Kier molecular flexibility index (Phi) is 5.59. The molecular weight excluding hydrogens is 377 g/mol. The summed E-state index contributed by atoms with van der Waals surface area (Å²) in [6, 6.07) is 6.13. The Morgan fingerprint density at radius 1 is 1.42 bits per heavy atom. The Hall–Kier alpha value is -1.58. The van der Waals surface area contributed by atoms with E-state index in [0.717, 1.165) is 0 Å². The number of hydrogen-bond donors (Lipinski definition) is 0. The van der Waals surface area contributed by atoms with Crippen molar-refractivity contribution in [2.24, 2.45) is 5.92 Å². The third kappa shape index (κ3) is 4.39. The van der Waals surface area contributed by atoms with E-state index in [1.807, 2.05) is 0 Å². The van der Waals surface area contributed by atoms with E-state index >= 15 is 0 Å². The van der Waals surface area contributed by atoms with Crippen LogP contribution >= 0.6 is 12.2 Å². The van der Waals surface area contributed by atoms with Gasteiger partial charge < -0.3 is 4.42 Å². The van der Waals surface area contributed by atoms with E-state index in [9.17, 15) is 12.8 Å². The summed E-state index contributed by atoms with van der Waals surface area (Å²) in [5.74, 6) is 0.390. The lowest BCUT2D eigenvalue weighted by Gasteiger charge is -2.29. The lowest BCUT2D eigenvalue weighted by Crippen LogP contribution is -2.40. The van der Waals surface area contributed by atoms with Crippen LogP contribution in [0.1, 0.15) is 20.3 Å². The zero-order valence-corrected chi connectivity index (χ0v) is 16.4. The molecule has 1 fully saturated rings. The van der Waals surface area contributed by atoms with E-state index in [4.69, 9.17) is 16.6 Å². The maximum absolute atomic E-state index is 14.0. The fourth-order valence-corrected chi connectivity index (χ4v) is 5.10. The second-order valence-electron chi connectivity index (χ2n) is 7.02. The van der Waals surface area contributed by atoms with E-state index in [1.165, 1.54) is 10.7 Å². The van der Waals surface area contributed by atoms with Gasteiger partial charge in [-0.1, -0.05) is 26.0 Å². The third-order valence-electron chi connectivity index (χ3n) is 4.35. The monoisotopic (exact) mass is 399 g/mol. The summed E-state index contributed by atoms with van der Waals surface area (Å²) < 4.78 is 44.6. The van der Waals surface area contributed by atoms with Crippen LogP contribution in [0.25, 0.3) is 11.5 Å². The van der Waals surface area contributed by atoms with Gasteiger partial charge in [-0.25, -0.2) is 17.5 Å². The minimum atomic E-state index is -2.99. The number of rotatable bonds is 6. The summed E-state index contributed by atoms with van der Waals surface area (Å²) in [5.41, 5.74) is 0.246. The molecule has 1 aliphatic rings. The molecule has 0 amide bonds. The van der Waals surface area contributed by atoms with E-state index in [2.05, 4.69) is 23.8 Å². The standard InChI is InChI=1S/C17H22FN3O3S2/c1-12(2)9-20(13-7-8-26(22,23)10-13)11-21-17(25)24-16(19-21)14-5-3-4-6-15(14)18/h3-6,12-13H,7-11H2,1-2H3/t13-/m1/s1.